The van der Waals surface area contributed by atoms with Crippen molar-refractivity contribution in [1.29, 1.82) is 0 Å². The molecule has 0 saturated heterocycles. The number of hydrogen-bond donors (Lipinski definition) is 0. The molecule has 0 aliphatic heterocycles. The predicted octanol–water partition coefficient (Wildman–Crippen LogP) is -5.52. The first kappa shape index (κ1) is 23.3. The minimum atomic E-state index is 0. The van der Waals surface area contributed by atoms with E-state index >= 15 is 0 Å². The SMILES string of the molecule is O=N[O-].[Ag+].[H-].[H-].[K+].[Na+]. The van der Waals surface area contributed by atoms with Crippen LogP contribution in [0, 0.1) is 10.1 Å². The summed E-state index contributed by atoms with van der Waals surface area (Å²) in [7, 11) is 0. The Morgan fingerprint density at radius 3 is 1.67 bits per heavy atom. The molecule has 0 saturated carbocycles. The molecule has 0 rings (SSSR count). The molecule has 0 bridgehead atoms. The molecule has 0 heterocycles. The maximum absolute atomic E-state index is 8.00. The van der Waals surface area contributed by atoms with E-state index in [1.165, 1.54) is 0 Å². The van der Waals surface area contributed by atoms with Crippen molar-refractivity contribution in [1.82, 2.24) is 0 Å². The first-order valence-electron chi connectivity index (χ1n) is 0.365. The van der Waals surface area contributed by atoms with Gasteiger partial charge in [-0.15, -0.1) is 5.34 Å². The summed E-state index contributed by atoms with van der Waals surface area (Å²) in [4.78, 5) is 8.00. The van der Waals surface area contributed by atoms with Crippen LogP contribution in [0.1, 0.15) is 2.85 Å². The van der Waals surface area contributed by atoms with Gasteiger partial charge in [0, 0.05) is 0 Å². The van der Waals surface area contributed by atoms with Crippen LogP contribution in [-0.4, -0.2) is 0 Å². The molecule has 32 valence electrons. The molecular weight excluding hydrogens is 216 g/mol. The van der Waals surface area contributed by atoms with Crippen LogP contribution < -0.4 is 80.9 Å². The van der Waals surface area contributed by atoms with Gasteiger partial charge in [0.15, 0.2) is 0 Å². The van der Waals surface area contributed by atoms with Crippen LogP contribution in [0.4, 0.5) is 0 Å². The zero-order valence-electron chi connectivity index (χ0n) is 5.57. The fourth-order valence-electron chi connectivity index (χ4n) is 0. The van der Waals surface area contributed by atoms with E-state index in [1.807, 2.05) is 0 Å². The molecule has 0 N–H and O–H groups in total. The fourth-order valence-corrected chi connectivity index (χ4v) is 0. The Kier molecular flexibility index (Phi) is 97.1. The summed E-state index contributed by atoms with van der Waals surface area (Å²) < 4.78 is 0. The van der Waals surface area contributed by atoms with Crippen molar-refractivity contribution in [3.8, 4) is 0 Å². The monoisotopic (exact) mass is 217 g/mol. The number of nitrogens with zero attached hydrogens (tertiary/aromatic N) is 1. The second-order valence-electron chi connectivity index (χ2n) is 0.0745. The molecule has 6 heavy (non-hydrogen) atoms. The molecule has 0 fully saturated rings. The standard InChI is InChI=1S/Ag.K.HNO2.Na.2H/c;;2-1-3;;;/h;;(H,2,3);;;/q2*+1;;+1;2*-1/p-1. The van der Waals surface area contributed by atoms with Gasteiger partial charge >= 0.3 is 103 Å². The van der Waals surface area contributed by atoms with E-state index in [2.05, 4.69) is 0 Å². The van der Waals surface area contributed by atoms with E-state index < -0.39 is 0 Å². The Balaban J connectivity index is -0.00000000200. The average molecular weight is 218 g/mol. The van der Waals surface area contributed by atoms with Gasteiger partial charge in [-0.25, -0.2) is 0 Å². The van der Waals surface area contributed by atoms with Crippen LogP contribution in [0.15, 0.2) is 5.34 Å². The summed E-state index contributed by atoms with van der Waals surface area (Å²) >= 11 is 0. The number of rotatable bonds is 0. The topological polar surface area (TPSA) is 52.5 Å². The van der Waals surface area contributed by atoms with Gasteiger partial charge in [0.2, 0.25) is 0 Å². The summed E-state index contributed by atoms with van der Waals surface area (Å²) in [6.45, 7) is 0. The largest absolute Gasteiger partial charge is 1.00 e. The van der Waals surface area contributed by atoms with Crippen molar-refractivity contribution in [2.45, 2.75) is 0 Å². The van der Waals surface area contributed by atoms with Crippen molar-refractivity contribution in [2.24, 2.45) is 5.34 Å². The van der Waals surface area contributed by atoms with Crippen molar-refractivity contribution in [2.75, 3.05) is 0 Å². The molecule has 0 aliphatic rings. The van der Waals surface area contributed by atoms with Gasteiger partial charge < -0.3 is 13.0 Å². The summed E-state index contributed by atoms with van der Waals surface area (Å²) in [5.41, 5.74) is 0. The van der Waals surface area contributed by atoms with Crippen LogP contribution in [0.25, 0.3) is 0 Å². The molecule has 6 heteroatoms. The minimum Gasteiger partial charge on any atom is -1.00 e. The molecule has 0 amide bonds. The quantitative estimate of drug-likeness (QED) is 0.231. The third-order valence-electron chi connectivity index (χ3n) is 0. The molecule has 0 aromatic heterocycles. The van der Waals surface area contributed by atoms with Crippen LogP contribution >= 0.6 is 0 Å². The third-order valence-corrected chi connectivity index (χ3v) is 0. The van der Waals surface area contributed by atoms with Crippen LogP contribution in [-0.2, 0) is 22.4 Å². The molecule has 0 spiro atoms. The average Bonchev–Trinajstić information content (AvgIpc) is 0.918. The predicted molar refractivity (Wildman–Crippen MR) is 11.4 cm³/mol. The zero-order valence-corrected chi connectivity index (χ0v) is 10.2. The van der Waals surface area contributed by atoms with Gasteiger partial charge in [0.25, 0.3) is 0 Å². The first-order chi connectivity index (χ1) is 1.41. The van der Waals surface area contributed by atoms with E-state index in [4.69, 9.17) is 10.1 Å². The van der Waals surface area contributed by atoms with Crippen LogP contribution in [0.5, 0.6) is 0 Å². The molecule has 0 aliphatic carbocycles. The second kappa shape index (κ2) is 25.0. The zero-order chi connectivity index (χ0) is 2.71. The Bertz CT molecular complexity index is 27.5. The normalized spacial score (nSPS) is 2.00. The molecule has 0 radical (unpaired) electrons. The Hall–Kier alpha value is 2.78. The molecule has 0 aromatic carbocycles. The summed E-state index contributed by atoms with van der Waals surface area (Å²) in [5.74, 6) is 0. The van der Waals surface area contributed by atoms with Gasteiger partial charge in [-0.2, -0.15) is 0 Å². The van der Waals surface area contributed by atoms with Crippen molar-refractivity contribution < 1.29 is 106 Å². The minimum absolute atomic E-state index is 0. The maximum Gasteiger partial charge on any atom is 1.00 e. The third kappa shape index (κ3) is 29.3. The van der Waals surface area contributed by atoms with Crippen molar-refractivity contribution in [3.63, 3.8) is 0 Å². The van der Waals surface area contributed by atoms with Gasteiger partial charge in [-0.3, -0.25) is 0 Å². The van der Waals surface area contributed by atoms with Crippen LogP contribution in [0.2, 0.25) is 0 Å². The molecule has 3 nitrogen and oxygen atoms in total. The van der Waals surface area contributed by atoms with Gasteiger partial charge in [0.1, 0.15) is 0 Å². The van der Waals surface area contributed by atoms with Gasteiger partial charge in [0.05, 0.1) is 0 Å². The fraction of sp³-hybridized carbons (Fsp3) is 0. The summed E-state index contributed by atoms with van der Waals surface area (Å²) in [6.07, 6.45) is 0. The molecule has 0 atom stereocenters. The van der Waals surface area contributed by atoms with E-state index in [-0.39, 0.29) is 106 Å². The van der Waals surface area contributed by atoms with Gasteiger partial charge in [-0.05, 0) is 0 Å². The van der Waals surface area contributed by atoms with E-state index in [0.717, 1.165) is 5.34 Å². The maximum atomic E-state index is 8.00. The molecule has 0 unspecified atom stereocenters. The van der Waals surface area contributed by atoms with Crippen molar-refractivity contribution in [3.05, 3.63) is 10.1 Å². The smallest absolute Gasteiger partial charge is 1.00 e. The van der Waals surface area contributed by atoms with E-state index in [0.29, 0.717) is 0 Å². The second-order valence-corrected chi connectivity index (χ2v) is 0.0745. The summed E-state index contributed by atoms with van der Waals surface area (Å²) in [6, 6.07) is 0. The van der Waals surface area contributed by atoms with E-state index in [9.17, 15) is 0 Å². The van der Waals surface area contributed by atoms with E-state index in [1.54, 1.807) is 0 Å². The Morgan fingerprint density at radius 1 is 1.67 bits per heavy atom. The Morgan fingerprint density at radius 2 is 1.67 bits per heavy atom. The van der Waals surface area contributed by atoms with Crippen LogP contribution in [0.3, 0.4) is 0 Å². The molecular formula is H2AgKNNaO2. The Labute approximate surface area is 119 Å². The van der Waals surface area contributed by atoms with Gasteiger partial charge in [-0.1, -0.05) is 0 Å². The number of hydrogen-bond acceptors (Lipinski definition) is 3. The first-order valence-corrected chi connectivity index (χ1v) is 0.365. The summed E-state index contributed by atoms with van der Waals surface area (Å²) in [5, 5.41) is 9.00. The molecule has 0 aromatic rings. The van der Waals surface area contributed by atoms with Crippen molar-refractivity contribution >= 4 is 0 Å².